The van der Waals surface area contributed by atoms with Crippen LogP contribution >= 0.6 is 27.7 Å². The van der Waals surface area contributed by atoms with Gasteiger partial charge in [-0.25, -0.2) is 4.68 Å². The Morgan fingerprint density at radius 3 is 2.65 bits per heavy atom. The highest BCUT2D eigenvalue weighted by molar-refractivity contribution is 9.10. The number of amides is 1. The second kappa shape index (κ2) is 7.29. The summed E-state index contributed by atoms with van der Waals surface area (Å²) in [6, 6.07) is 18.5. The van der Waals surface area contributed by atoms with Gasteiger partial charge in [-0.05, 0) is 30.2 Å². The number of aromatic nitrogens is 2. The van der Waals surface area contributed by atoms with Gasteiger partial charge >= 0.3 is 0 Å². The molecule has 26 heavy (non-hydrogen) atoms. The van der Waals surface area contributed by atoms with Crippen LogP contribution in [0.4, 0.5) is 5.82 Å². The molecule has 0 saturated heterocycles. The Hall–Kier alpha value is -2.05. The molecule has 6 heteroatoms. The van der Waals surface area contributed by atoms with Crippen molar-refractivity contribution in [2.24, 2.45) is 0 Å². The fraction of sp³-hybridized carbons (Fsp3) is 0.200. The smallest absolute Gasteiger partial charge is 0.235 e. The van der Waals surface area contributed by atoms with E-state index in [1.54, 1.807) is 11.8 Å². The summed E-state index contributed by atoms with van der Waals surface area (Å²) < 4.78 is 2.96. The molecule has 1 N–H and O–H groups in total. The third kappa shape index (κ3) is 3.44. The molecular formula is C20H18BrN3OS. The number of aryl methyl sites for hydroxylation is 1. The Morgan fingerprint density at radius 1 is 1.19 bits per heavy atom. The van der Waals surface area contributed by atoms with Crippen molar-refractivity contribution in [2.45, 2.75) is 18.7 Å². The molecule has 0 fully saturated rings. The van der Waals surface area contributed by atoms with Gasteiger partial charge in [0.15, 0.2) is 0 Å². The average molecular weight is 428 g/mol. The van der Waals surface area contributed by atoms with Gasteiger partial charge < -0.3 is 5.32 Å². The Labute approximate surface area is 165 Å². The molecule has 0 bridgehead atoms. The van der Waals surface area contributed by atoms with Crippen molar-refractivity contribution < 1.29 is 4.79 Å². The topological polar surface area (TPSA) is 46.9 Å². The van der Waals surface area contributed by atoms with E-state index in [0.717, 1.165) is 27.1 Å². The molecule has 1 aliphatic heterocycles. The number of rotatable bonds is 3. The van der Waals surface area contributed by atoms with Crippen molar-refractivity contribution in [1.29, 1.82) is 0 Å². The van der Waals surface area contributed by atoms with Gasteiger partial charge in [-0.15, -0.1) is 11.8 Å². The zero-order valence-corrected chi connectivity index (χ0v) is 16.7. The van der Waals surface area contributed by atoms with Crippen LogP contribution in [0.3, 0.4) is 0 Å². The number of carbonyl (C=O) groups excluding carboxylic acids is 1. The Kier molecular flexibility index (Phi) is 4.87. The summed E-state index contributed by atoms with van der Waals surface area (Å²) in [6.07, 6.45) is 0. The molecule has 0 saturated carbocycles. The van der Waals surface area contributed by atoms with Gasteiger partial charge in [0.2, 0.25) is 5.91 Å². The molecule has 1 amide bonds. The highest BCUT2D eigenvalue weighted by atomic mass is 79.9. The average Bonchev–Trinajstić information content (AvgIpc) is 2.82. The standard InChI is InChI=1S/C20H18BrN3OS/c1-13-18-19(15-7-9-16(21)10-8-15)26-12-17(25)22-20(18)24(23-13)11-14-5-3-2-4-6-14/h2-10,19H,11-12H2,1H3,(H,22,25)/t19-/m0/s1. The lowest BCUT2D eigenvalue weighted by molar-refractivity contribution is -0.113. The summed E-state index contributed by atoms with van der Waals surface area (Å²) in [5, 5.41) is 7.90. The van der Waals surface area contributed by atoms with Crippen LogP contribution in [0.1, 0.15) is 27.6 Å². The van der Waals surface area contributed by atoms with Gasteiger partial charge in [-0.2, -0.15) is 5.10 Å². The number of anilines is 1. The van der Waals surface area contributed by atoms with Crippen LogP contribution in [-0.4, -0.2) is 21.4 Å². The largest absolute Gasteiger partial charge is 0.310 e. The number of carbonyl (C=O) groups is 1. The SMILES string of the molecule is Cc1nn(Cc2ccccc2)c2c1[C@H](c1ccc(Br)cc1)SCC(=O)N2. The number of halogens is 1. The maximum Gasteiger partial charge on any atom is 0.235 e. The van der Waals surface area contributed by atoms with Crippen molar-refractivity contribution in [2.75, 3.05) is 11.1 Å². The van der Waals surface area contributed by atoms with E-state index in [0.29, 0.717) is 12.3 Å². The molecular weight excluding hydrogens is 410 g/mol. The van der Waals surface area contributed by atoms with Crippen LogP contribution < -0.4 is 5.32 Å². The van der Waals surface area contributed by atoms with Gasteiger partial charge in [-0.3, -0.25) is 4.79 Å². The van der Waals surface area contributed by atoms with Crippen molar-refractivity contribution >= 4 is 39.4 Å². The molecule has 3 aromatic rings. The van der Waals surface area contributed by atoms with Crippen molar-refractivity contribution in [1.82, 2.24) is 9.78 Å². The minimum absolute atomic E-state index is 0.0186. The van der Waals surface area contributed by atoms with Gasteiger partial charge in [0.05, 0.1) is 23.2 Å². The molecule has 0 unspecified atom stereocenters. The summed E-state index contributed by atoms with van der Waals surface area (Å²) in [5.41, 5.74) is 4.39. The summed E-state index contributed by atoms with van der Waals surface area (Å²) >= 11 is 5.14. The van der Waals surface area contributed by atoms with Crippen molar-refractivity contribution in [3.63, 3.8) is 0 Å². The number of nitrogens with one attached hydrogen (secondary N) is 1. The lowest BCUT2D eigenvalue weighted by atomic mass is 10.0. The predicted octanol–water partition coefficient (Wildman–Crippen LogP) is 4.78. The molecule has 1 aliphatic rings. The fourth-order valence-electron chi connectivity index (χ4n) is 3.22. The summed E-state index contributed by atoms with van der Waals surface area (Å²) in [6.45, 7) is 2.65. The third-order valence-electron chi connectivity index (χ3n) is 4.42. The van der Waals surface area contributed by atoms with E-state index >= 15 is 0 Å². The highest BCUT2D eigenvalue weighted by Gasteiger charge is 2.30. The molecule has 4 rings (SSSR count). The van der Waals surface area contributed by atoms with Crippen LogP contribution in [0.25, 0.3) is 0 Å². The molecule has 0 radical (unpaired) electrons. The Balaban J connectivity index is 1.78. The van der Waals surface area contributed by atoms with E-state index in [9.17, 15) is 4.79 Å². The van der Waals surface area contributed by atoms with Crippen molar-refractivity contribution in [3.8, 4) is 0 Å². The number of benzene rings is 2. The molecule has 0 aliphatic carbocycles. The number of fused-ring (bicyclic) bond motifs is 1. The number of nitrogens with zero attached hydrogens (tertiary/aromatic N) is 2. The molecule has 2 heterocycles. The van der Waals surface area contributed by atoms with E-state index in [1.807, 2.05) is 41.9 Å². The van der Waals surface area contributed by atoms with Gasteiger partial charge in [0, 0.05) is 10.0 Å². The third-order valence-corrected chi connectivity index (χ3v) is 6.22. The fourth-order valence-corrected chi connectivity index (χ4v) is 4.68. The van der Waals surface area contributed by atoms with E-state index < -0.39 is 0 Å². The minimum Gasteiger partial charge on any atom is -0.310 e. The summed E-state index contributed by atoms with van der Waals surface area (Å²) in [4.78, 5) is 12.3. The first-order chi connectivity index (χ1) is 12.6. The van der Waals surface area contributed by atoms with Gasteiger partial charge in [0.1, 0.15) is 5.82 Å². The van der Waals surface area contributed by atoms with Gasteiger partial charge in [0.25, 0.3) is 0 Å². The normalized spacial score (nSPS) is 16.7. The number of hydrogen-bond donors (Lipinski definition) is 1. The highest BCUT2D eigenvalue weighted by Crippen LogP contribution is 2.43. The van der Waals surface area contributed by atoms with Crippen LogP contribution in [0.2, 0.25) is 0 Å². The Bertz CT molecular complexity index is 938. The maximum absolute atomic E-state index is 12.3. The van der Waals surface area contributed by atoms with Gasteiger partial charge in [-0.1, -0.05) is 58.4 Å². The second-order valence-corrected chi connectivity index (χ2v) is 8.29. The van der Waals surface area contributed by atoms with Crippen LogP contribution in [0, 0.1) is 6.92 Å². The molecule has 1 atom stereocenters. The first kappa shape index (κ1) is 17.4. The molecule has 132 valence electrons. The van der Waals surface area contributed by atoms with E-state index in [4.69, 9.17) is 5.10 Å². The molecule has 0 spiro atoms. The number of thioether (sulfide) groups is 1. The molecule has 2 aromatic carbocycles. The summed E-state index contributed by atoms with van der Waals surface area (Å²) in [7, 11) is 0. The molecule has 4 nitrogen and oxygen atoms in total. The monoisotopic (exact) mass is 427 g/mol. The first-order valence-electron chi connectivity index (χ1n) is 8.40. The summed E-state index contributed by atoms with van der Waals surface area (Å²) in [5.74, 6) is 1.26. The van der Waals surface area contributed by atoms with E-state index in [1.165, 1.54) is 5.56 Å². The number of hydrogen-bond acceptors (Lipinski definition) is 3. The zero-order chi connectivity index (χ0) is 18.1. The minimum atomic E-state index is 0.0186. The second-order valence-electron chi connectivity index (χ2n) is 6.28. The van der Waals surface area contributed by atoms with E-state index in [-0.39, 0.29) is 11.2 Å². The molecule has 1 aromatic heterocycles. The van der Waals surface area contributed by atoms with Crippen LogP contribution in [-0.2, 0) is 11.3 Å². The first-order valence-corrected chi connectivity index (χ1v) is 10.2. The lowest BCUT2D eigenvalue weighted by Gasteiger charge is -2.15. The van der Waals surface area contributed by atoms with Crippen LogP contribution in [0.5, 0.6) is 0 Å². The zero-order valence-electron chi connectivity index (χ0n) is 14.3. The Morgan fingerprint density at radius 2 is 1.92 bits per heavy atom. The predicted molar refractivity (Wildman–Crippen MR) is 110 cm³/mol. The quantitative estimate of drug-likeness (QED) is 0.654. The van der Waals surface area contributed by atoms with E-state index in [2.05, 4.69) is 45.5 Å². The lowest BCUT2D eigenvalue weighted by Crippen LogP contribution is -2.16. The maximum atomic E-state index is 12.3. The van der Waals surface area contributed by atoms with Crippen LogP contribution in [0.15, 0.2) is 59.1 Å². The van der Waals surface area contributed by atoms with Crippen molar-refractivity contribution in [3.05, 3.63) is 81.5 Å².